The van der Waals surface area contributed by atoms with E-state index in [-0.39, 0.29) is 29.7 Å². The van der Waals surface area contributed by atoms with Gasteiger partial charge in [0.2, 0.25) is 0 Å². The van der Waals surface area contributed by atoms with Gasteiger partial charge in [-0.15, -0.1) is 3.63 Å². The zero-order valence-electron chi connectivity index (χ0n) is 23.9. The molecule has 0 heterocycles. The summed E-state index contributed by atoms with van der Waals surface area (Å²) in [4.78, 5) is 33.9. The molecule has 1 fully saturated rings. The van der Waals surface area contributed by atoms with Gasteiger partial charge in [0.05, 0.1) is 19.8 Å². The minimum Gasteiger partial charge on any atom is -0.468 e. The van der Waals surface area contributed by atoms with E-state index in [9.17, 15) is 79.2 Å². The molecule has 0 radical (unpaired) electrons. The first-order chi connectivity index (χ1) is 20.5. The second-order valence-electron chi connectivity index (χ2n) is 9.29. The fourth-order valence-electron chi connectivity index (χ4n) is 3.59. The average molecular weight is 755 g/mol. The van der Waals surface area contributed by atoms with E-state index in [0.29, 0.717) is 19.3 Å². The Morgan fingerprint density at radius 1 is 0.674 bits per heavy atom. The number of alkyl halides is 9. The fourth-order valence-corrected chi connectivity index (χ4v) is 5.74. The van der Waals surface area contributed by atoms with Gasteiger partial charge in [0.1, 0.15) is 17.5 Å². The molecule has 0 bridgehead atoms. The van der Waals surface area contributed by atoms with E-state index in [4.69, 9.17) is 0 Å². The Hall–Kier alpha value is -2.67. The third kappa shape index (κ3) is 11.8. The molecule has 3 unspecified atom stereocenters. The molecule has 0 aromatic carbocycles. The molecule has 0 N–H and O–H groups in total. The Labute approximate surface area is 256 Å². The Morgan fingerprint density at radius 3 is 1.50 bits per heavy atom. The van der Waals surface area contributed by atoms with Crippen molar-refractivity contribution < 1.29 is 96.4 Å². The van der Waals surface area contributed by atoms with Gasteiger partial charge in [0, 0.05) is 11.8 Å². The van der Waals surface area contributed by atoms with Crippen LogP contribution in [-0.4, -0.2) is 73.7 Å². The Balaban J connectivity index is 0.000000679. The van der Waals surface area contributed by atoms with E-state index in [1.54, 1.807) is 0 Å². The monoisotopic (exact) mass is 754 g/mol. The van der Waals surface area contributed by atoms with Crippen molar-refractivity contribution in [1.82, 2.24) is 0 Å². The third-order valence-electron chi connectivity index (χ3n) is 5.91. The lowest BCUT2D eigenvalue weighted by Crippen LogP contribution is -2.34. The number of Topliss-reactive ketones (excluding diaryl/α,β-unsaturated/α-hetero) is 1. The number of allylic oxidation sites excluding steroid dienone is 1. The Kier molecular flexibility index (Phi) is 15.0. The maximum absolute atomic E-state index is 12.3. The zero-order chi connectivity index (χ0) is 36.7. The second-order valence-corrected chi connectivity index (χ2v) is 14.1. The number of carbonyl (C=O) groups excluding carboxylic acids is 3. The van der Waals surface area contributed by atoms with Crippen molar-refractivity contribution in [3.63, 3.8) is 0 Å². The number of methoxy groups -OCH3 is 2. The van der Waals surface area contributed by atoms with Gasteiger partial charge in [-0.1, -0.05) is 20.3 Å². The van der Waals surface area contributed by atoms with Crippen LogP contribution in [0, 0.1) is 17.8 Å². The SMILES string of the molecule is COC(=O)C1=C(OS(=O)(=O)C(F)(F)F)C(C)CCC1.COC(=O)C1CCCC(C)C1=O.O=S(=O)(OS(=O)(=O)C(F)(F)F)C(F)(F)F. The number of hydrogen-bond donors (Lipinski definition) is 0. The molecule has 0 saturated heterocycles. The highest BCUT2D eigenvalue weighted by molar-refractivity contribution is 8.00. The molecule has 2 aliphatic rings. The average Bonchev–Trinajstić information content (AvgIpc) is 2.88. The van der Waals surface area contributed by atoms with Crippen LogP contribution in [0.5, 0.6) is 0 Å². The summed E-state index contributed by atoms with van der Waals surface area (Å²) in [5.41, 5.74) is -18.2. The van der Waals surface area contributed by atoms with Gasteiger partial charge in [0.25, 0.3) is 0 Å². The van der Waals surface area contributed by atoms with Crippen LogP contribution in [0.25, 0.3) is 0 Å². The molecule has 0 spiro atoms. The Bertz CT molecular complexity index is 1420. The second kappa shape index (κ2) is 16.0. The van der Waals surface area contributed by atoms with Gasteiger partial charge in [-0.25, -0.2) is 4.79 Å². The van der Waals surface area contributed by atoms with E-state index in [1.807, 2.05) is 10.6 Å². The first-order valence-electron chi connectivity index (χ1n) is 12.2. The van der Waals surface area contributed by atoms with Gasteiger partial charge in [0.15, 0.2) is 0 Å². The summed E-state index contributed by atoms with van der Waals surface area (Å²) in [5, 5.41) is 0. The summed E-state index contributed by atoms with van der Waals surface area (Å²) in [5.74, 6) is -2.73. The van der Waals surface area contributed by atoms with Crippen LogP contribution in [0.1, 0.15) is 52.4 Å². The van der Waals surface area contributed by atoms with E-state index in [0.717, 1.165) is 20.0 Å². The minimum atomic E-state index is -6.85. The predicted octanol–water partition coefficient (Wildman–Crippen LogP) is 3.97. The van der Waals surface area contributed by atoms with Crippen LogP contribution in [0.3, 0.4) is 0 Å². The molecular formula is C21H27F9O13S3. The number of halogens is 9. The number of esters is 2. The predicted molar refractivity (Wildman–Crippen MR) is 133 cm³/mol. The van der Waals surface area contributed by atoms with Crippen molar-refractivity contribution in [2.45, 2.75) is 68.9 Å². The van der Waals surface area contributed by atoms with Gasteiger partial charge in [-0.2, -0.15) is 64.8 Å². The number of ether oxygens (including phenoxy) is 2. The quantitative estimate of drug-likeness (QED) is 0.125. The van der Waals surface area contributed by atoms with Crippen LogP contribution in [0.15, 0.2) is 11.3 Å². The lowest BCUT2D eigenvalue weighted by molar-refractivity contribution is -0.152. The highest BCUT2D eigenvalue weighted by atomic mass is 32.3. The van der Waals surface area contributed by atoms with Crippen molar-refractivity contribution >= 4 is 48.1 Å². The molecule has 0 aliphatic heterocycles. The van der Waals surface area contributed by atoms with Gasteiger partial charge >= 0.3 is 58.8 Å². The smallest absolute Gasteiger partial charge is 0.468 e. The highest BCUT2D eigenvalue weighted by Gasteiger charge is 2.57. The van der Waals surface area contributed by atoms with E-state index in [1.165, 1.54) is 14.0 Å². The van der Waals surface area contributed by atoms with Gasteiger partial charge in [-0.05, 0) is 32.1 Å². The minimum absolute atomic E-state index is 0.0304. The summed E-state index contributed by atoms with van der Waals surface area (Å²) in [6.45, 7) is 3.36. The summed E-state index contributed by atoms with van der Waals surface area (Å²) >= 11 is 0. The zero-order valence-corrected chi connectivity index (χ0v) is 26.4. The number of carbonyl (C=O) groups is 3. The number of ketones is 1. The molecule has 25 heteroatoms. The first kappa shape index (κ1) is 43.3. The van der Waals surface area contributed by atoms with Crippen LogP contribution >= 0.6 is 0 Å². The van der Waals surface area contributed by atoms with Crippen molar-refractivity contribution in [2.75, 3.05) is 14.2 Å². The molecule has 270 valence electrons. The number of rotatable bonds is 6. The fraction of sp³-hybridized carbons (Fsp3) is 0.762. The molecule has 2 aliphatic carbocycles. The Morgan fingerprint density at radius 2 is 1.11 bits per heavy atom. The van der Waals surface area contributed by atoms with Gasteiger partial charge < -0.3 is 13.7 Å². The summed E-state index contributed by atoms with van der Waals surface area (Å²) in [6, 6.07) is 0. The van der Waals surface area contributed by atoms with Crippen LogP contribution in [-0.2, 0) is 62.0 Å². The highest BCUT2D eigenvalue weighted by Crippen LogP contribution is 2.36. The molecule has 13 nitrogen and oxygen atoms in total. The lowest BCUT2D eigenvalue weighted by Gasteiger charge is -2.24. The van der Waals surface area contributed by atoms with Crippen molar-refractivity contribution in [3.8, 4) is 0 Å². The normalized spacial score (nSPS) is 21.6. The largest absolute Gasteiger partial charge is 0.534 e. The maximum Gasteiger partial charge on any atom is 0.534 e. The maximum atomic E-state index is 12.3. The standard InChI is InChI=1S/C10H13F3O5S.C9H14O3.C2F6O5S2/c1-6-4-3-5-7(9(14)17-2)8(6)18-19(15,16)10(11,12)13;1-6-4-3-5-7(8(6)10)9(11)12-2;3-1(4,5)14(9,10)13-15(11,12)2(6,7)8/h6H,3-5H2,1-2H3;6-7H,3-5H2,1-2H3;. The van der Waals surface area contributed by atoms with Crippen molar-refractivity contribution in [2.24, 2.45) is 17.8 Å². The van der Waals surface area contributed by atoms with Crippen molar-refractivity contribution in [3.05, 3.63) is 11.3 Å². The summed E-state index contributed by atoms with van der Waals surface area (Å²) < 4.78 is 182. The van der Waals surface area contributed by atoms with E-state index >= 15 is 0 Å². The molecule has 0 amide bonds. The molecule has 1 saturated carbocycles. The van der Waals surface area contributed by atoms with Crippen LogP contribution in [0.4, 0.5) is 39.5 Å². The van der Waals surface area contributed by atoms with E-state index in [2.05, 4.69) is 13.7 Å². The van der Waals surface area contributed by atoms with Crippen LogP contribution < -0.4 is 0 Å². The third-order valence-corrected chi connectivity index (χ3v) is 9.45. The number of hydrogen-bond acceptors (Lipinski definition) is 13. The molecule has 0 aromatic rings. The molecule has 46 heavy (non-hydrogen) atoms. The van der Waals surface area contributed by atoms with Crippen LogP contribution in [0.2, 0.25) is 0 Å². The van der Waals surface area contributed by atoms with Gasteiger partial charge in [-0.3, -0.25) is 9.59 Å². The molecule has 3 atom stereocenters. The van der Waals surface area contributed by atoms with E-state index < -0.39 is 70.4 Å². The topological polar surface area (TPSA) is 191 Å². The summed E-state index contributed by atoms with van der Waals surface area (Å²) in [7, 11) is -17.1. The molecule has 0 aromatic heterocycles. The molecular weight excluding hydrogens is 727 g/mol. The lowest BCUT2D eigenvalue weighted by atomic mass is 9.81. The summed E-state index contributed by atoms with van der Waals surface area (Å²) in [6.07, 6.45) is 3.63. The molecule has 2 rings (SSSR count). The first-order valence-corrected chi connectivity index (χ1v) is 16.5. The van der Waals surface area contributed by atoms with Crippen molar-refractivity contribution in [1.29, 1.82) is 0 Å².